The van der Waals surface area contributed by atoms with Gasteiger partial charge in [0.1, 0.15) is 5.56 Å². The van der Waals surface area contributed by atoms with Crippen LogP contribution in [0.25, 0.3) is 0 Å². The van der Waals surface area contributed by atoms with E-state index in [4.69, 9.17) is 0 Å². The molecule has 1 aromatic rings. The zero-order chi connectivity index (χ0) is 13.5. The van der Waals surface area contributed by atoms with Gasteiger partial charge < -0.3 is 15.4 Å². The number of hydrogen-bond acceptors (Lipinski definition) is 4. The van der Waals surface area contributed by atoms with E-state index in [9.17, 15) is 19.5 Å². The first-order valence-electron chi connectivity index (χ1n) is 5.63. The summed E-state index contributed by atoms with van der Waals surface area (Å²) in [5.41, 5.74) is -1.94. The predicted molar refractivity (Wildman–Crippen MR) is 63.3 cm³/mol. The third kappa shape index (κ3) is 1.97. The van der Waals surface area contributed by atoms with Crippen LogP contribution in [-0.4, -0.2) is 33.1 Å². The molecule has 1 aliphatic rings. The van der Waals surface area contributed by atoms with Crippen LogP contribution in [0, 0.1) is 5.41 Å². The smallest absolute Gasteiger partial charge is 0.325 e. The number of hydrogen-bond donors (Lipinski definition) is 4. The van der Waals surface area contributed by atoms with E-state index in [1.165, 1.54) is 0 Å². The molecule has 7 heteroatoms. The lowest BCUT2D eigenvalue weighted by atomic mass is 9.64. The number of aliphatic hydroxyl groups excluding tert-OH is 1. The van der Waals surface area contributed by atoms with Gasteiger partial charge in [-0.25, -0.2) is 4.79 Å². The number of nitrogens with one attached hydrogen (secondary N) is 3. The van der Waals surface area contributed by atoms with Crippen LogP contribution < -0.4 is 16.6 Å². The average molecular weight is 253 g/mol. The van der Waals surface area contributed by atoms with Gasteiger partial charge in [0.15, 0.2) is 0 Å². The van der Waals surface area contributed by atoms with Crippen molar-refractivity contribution in [2.45, 2.75) is 32.4 Å². The normalized spacial score (nSPS) is 25.3. The van der Waals surface area contributed by atoms with Crippen molar-refractivity contribution in [3.63, 3.8) is 0 Å². The Morgan fingerprint density at radius 2 is 2.17 bits per heavy atom. The van der Waals surface area contributed by atoms with Crippen molar-refractivity contribution in [3.05, 3.63) is 32.6 Å². The number of aromatic nitrogens is 2. The van der Waals surface area contributed by atoms with Crippen LogP contribution in [0.5, 0.6) is 0 Å². The van der Waals surface area contributed by atoms with E-state index in [0.29, 0.717) is 6.42 Å². The van der Waals surface area contributed by atoms with Gasteiger partial charge in [0.05, 0.1) is 6.10 Å². The quantitative estimate of drug-likeness (QED) is 0.538. The molecule has 0 bridgehead atoms. The lowest BCUT2D eigenvalue weighted by Crippen LogP contribution is -2.61. The van der Waals surface area contributed by atoms with Gasteiger partial charge in [-0.2, -0.15) is 0 Å². The minimum Gasteiger partial charge on any atom is -0.392 e. The summed E-state index contributed by atoms with van der Waals surface area (Å²) >= 11 is 0. The van der Waals surface area contributed by atoms with E-state index in [1.807, 2.05) is 18.8 Å². The van der Waals surface area contributed by atoms with Crippen LogP contribution in [0.15, 0.2) is 15.8 Å². The molecule has 1 aliphatic carbocycles. The van der Waals surface area contributed by atoms with E-state index < -0.39 is 28.7 Å². The van der Waals surface area contributed by atoms with E-state index >= 15 is 0 Å². The number of aromatic amines is 2. The monoisotopic (exact) mass is 253 g/mol. The molecule has 2 unspecified atom stereocenters. The maximum Gasteiger partial charge on any atom is 0.325 e. The van der Waals surface area contributed by atoms with Gasteiger partial charge in [0.25, 0.3) is 11.5 Å². The van der Waals surface area contributed by atoms with E-state index in [1.54, 1.807) is 0 Å². The van der Waals surface area contributed by atoms with Crippen molar-refractivity contribution in [2.24, 2.45) is 5.41 Å². The summed E-state index contributed by atoms with van der Waals surface area (Å²) < 4.78 is 0. The second-order valence-electron chi connectivity index (χ2n) is 5.08. The molecule has 4 N–H and O–H groups in total. The molecule has 0 aromatic carbocycles. The number of carbonyl (C=O) groups is 1. The van der Waals surface area contributed by atoms with Crippen LogP contribution in [-0.2, 0) is 0 Å². The standard InChI is InChI=1S/C11H15N3O4/c1-11(2)6(3-7(11)15)13-8(16)5-4-12-10(18)14-9(5)17/h4,6-7,15H,3H2,1-2H3,(H,13,16)(H2,12,14,17,18). The fourth-order valence-corrected chi connectivity index (χ4v) is 1.96. The summed E-state index contributed by atoms with van der Waals surface area (Å²) in [6.45, 7) is 3.67. The zero-order valence-corrected chi connectivity index (χ0v) is 10.1. The molecule has 1 saturated carbocycles. The van der Waals surface area contributed by atoms with Gasteiger partial charge in [-0.1, -0.05) is 13.8 Å². The summed E-state index contributed by atoms with van der Waals surface area (Å²) in [5.74, 6) is -0.558. The molecule has 0 radical (unpaired) electrons. The first-order valence-corrected chi connectivity index (χ1v) is 5.63. The molecule has 0 spiro atoms. The van der Waals surface area contributed by atoms with E-state index in [0.717, 1.165) is 6.20 Å². The Kier molecular flexibility index (Phi) is 2.86. The van der Waals surface area contributed by atoms with Crippen molar-refractivity contribution in [2.75, 3.05) is 0 Å². The summed E-state index contributed by atoms with van der Waals surface area (Å²) in [6, 6.07) is -0.189. The number of carbonyl (C=O) groups excluding carboxylic acids is 1. The molecule has 0 aliphatic heterocycles. The summed E-state index contributed by atoms with van der Waals surface area (Å²) in [5, 5.41) is 12.2. The van der Waals surface area contributed by atoms with Gasteiger partial charge in [0, 0.05) is 17.7 Å². The molecule has 7 nitrogen and oxygen atoms in total. The third-order valence-corrected chi connectivity index (χ3v) is 3.59. The maximum atomic E-state index is 11.8. The van der Waals surface area contributed by atoms with Crippen LogP contribution in [0.2, 0.25) is 0 Å². The predicted octanol–water partition coefficient (Wildman–Crippen LogP) is -1.05. The van der Waals surface area contributed by atoms with Crippen molar-refractivity contribution in [1.82, 2.24) is 15.3 Å². The molecule has 2 rings (SSSR count). The fourth-order valence-electron chi connectivity index (χ4n) is 1.96. The Balaban J connectivity index is 2.14. The topological polar surface area (TPSA) is 115 Å². The van der Waals surface area contributed by atoms with Crippen LogP contribution in [0.4, 0.5) is 0 Å². The fraction of sp³-hybridized carbons (Fsp3) is 0.545. The lowest BCUT2D eigenvalue weighted by Gasteiger charge is -2.49. The zero-order valence-electron chi connectivity index (χ0n) is 10.1. The number of rotatable bonds is 2. The molecule has 18 heavy (non-hydrogen) atoms. The number of aliphatic hydroxyl groups is 1. The van der Waals surface area contributed by atoms with Gasteiger partial charge in [-0.3, -0.25) is 14.6 Å². The number of H-pyrrole nitrogens is 2. The van der Waals surface area contributed by atoms with Crippen molar-refractivity contribution in [1.29, 1.82) is 0 Å². The summed E-state index contributed by atoms with van der Waals surface area (Å²) in [4.78, 5) is 38.3. The molecular formula is C11H15N3O4. The van der Waals surface area contributed by atoms with Crippen LogP contribution in [0.3, 0.4) is 0 Å². The Bertz CT molecular complexity index is 586. The Morgan fingerprint density at radius 1 is 1.50 bits per heavy atom. The second-order valence-corrected chi connectivity index (χ2v) is 5.08. The number of amides is 1. The Hall–Kier alpha value is -1.89. The van der Waals surface area contributed by atoms with Crippen molar-refractivity contribution in [3.8, 4) is 0 Å². The van der Waals surface area contributed by atoms with Gasteiger partial charge in [-0.05, 0) is 6.42 Å². The molecule has 1 aromatic heterocycles. The van der Waals surface area contributed by atoms with E-state index in [-0.39, 0.29) is 11.6 Å². The van der Waals surface area contributed by atoms with Gasteiger partial charge in [0.2, 0.25) is 0 Å². The highest BCUT2D eigenvalue weighted by Gasteiger charge is 2.48. The molecule has 1 amide bonds. The highest BCUT2D eigenvalue weighted by atomic mass is 16.3. The van der Waals surface area contributed by atoms with E-state index in [2.05, 4.69) is 10.3 Å². The molecule has 0 saturated heterocycles. The maximum absolute atomic E-state index is 11.8. The molecule has 1 heterocycles. The molecule has 98 valence electrons. The Labute approximate surface area is 102 Å². The largest absolute Gasteiger partial charge is 0.392 e. The minimum absolute atomic E-state index is 0.146. The molecule has 2 atom stereocenters. The lowest BCUT2D eigenvalue weighted by molar-refractivity contribution is -0.0689. The summed E-state index contributed by atoms with van der Waals surface area (Å²) in [6.07, 6.45) is 1.08. The highest BCUT2D eigenvalue weighted by Crippen LogP contribution is 2.40. The Morgan fingerprint density at radius 3 is 2.67 bits per heavy atom. The second kappa shape index (κ2) is 4.09. The van der Waals surface area contributed by atoms with Crippen LogP contribution in [0.1, 0.15) is 30.6 Å². The highest BCUT2D eigenvalue weighted by molar-refractivity contribution is 5.93. The molecule has 1 fully saturated rings. The SMILES string of the molecule is CC1(C)C(O)CC1NC(=O)c1c[nH]c(=O)[nH]c1=O. The van der Waals surface area contributed by atoms with Gasteiger partial charge in [-0.15, -0.1) is 0 Å². The van der Waals surface area contributed by atoms with Gasteiger partial charge >= 0.3 is 5.69 Å². The minimum atomic E-state index is -0.728. The van der Waals surface area contributed by atoms with Crippen molar-refractivity contribution < 1.29 is 9.90 Å². The first-order chi connectivity index (χ1) is 8.32. The first kappa shape index (κ1) is 12.6. The summed E-state index contributed by atoms with van der Waals surface area (Å²) in [7, 11) is 0. The van der Waals surface area contributed by atoms with Crippen molar-refractivity contribution >= 4 is 5.91 Å². The molecular weight excluding hydrogens is 238 g/mol. The third-order valence-electron chi connectivity index (χ3n) is 3.59. The average Bonchev–Trinajstić information content (AvgIpc) is 2.28. The van der Waals surface area contributed by atoms with Crippen LogP contribution >= 0.6 is 0 Å².